The van der Waals surface area contributed by atoms with E-state index in [0.29, 0.717) is 59.7 Å². The van der Waals surface area contributed by atoms with E-state index < -0.39 is 5.97 Å². The second-order valence-corrected chi connectivity index (χ2v) is 10.8. The van der Waals surface area contributed by atoms with E-state index in [9.17, 15) is 14.4 Å². The standard InChI is InChI=1S/C31H37ClN4O4/c1-3-5-8-24(4-2)36-18-17-35(20-28(36)37)31(40)22-13-16-25-27(19-22)33-26(9-6-7-10-29(38)39)30(34-25)21-11-14-23(32)15-12-21/h11-16,19,24H,3-10,17-18,20H2,1-2H3,(H,38,39). The molecule has 212 valence electrons. The number of benzene rings is 2. The number of unbranched alkanes of at least 4 members (excludes halogenated alkanes) is 2. The van der Waals surface area contributed by atoms with Crippen LogP contribution in [0.25, 0.3) is 22.3 Å². The van der Waals surface area contributed by atoms with Crippen molar-refractivity contribution in [1.82, 2.24) is 19.8 Å². The van der Waals surface area contributed by atoms with Gasteiger partial charge >= 0.3 is 5.97 Å². The summed E-state index contributed by atoms with van der Waals surface area (Å²) in [4.78, 5) is 50.7. The molecule has 1 aliphatic heterocycles. The van der Waals surface area contributed by atoms with Crippen molar-refractivity contribution < 1.29 is 19.5 Å². The molecule has 2 aromatic carbocycles. The summed E-state index contributed by atoms with van der Waals surface area (Å²) in [6.07, 6.45) is 5.93. The molecule has 9 heteroatoms. The smallest absolute Gasteiger partial charge is 0.303 e. The number of aryl methyl sites for hydroxylation is 1. The molecule has 1 N–H and O–H groups in total. The lowest BCUT2D eigenvalue weighted by Crippen LogP contribution is -2.55. The first kappa shape index (κ1) is 29.5. The van der Waals surface area contributed by atoms with Gasteiger partial charge in [0.15, 0.2) is 0 Å². The predicted octanol–water partition coefficient (Wildman–Crippen LogP) is 6.00. The molecule has 1 saturated heterocycles. The number of nitrogens with zero attached hydrogens (tertiary/aromatic N) is 4. The fourth-order valence-electron chi connectivity index (χ4n) is 5.25. The van der Waals surface area contributed by atoms with E-state index in [-0.39, 0.29) is 30.8 Å². The maximum atomic E-state index is 13.4. The SMILES string of the molecule is CCCCC(CC)N1CCN(C(=O)c2ccc3nc(-c4ccc(Cl)cc4)c(CCCCC(=O)O)nc3c2)CC1=O. The highest BCUT2D eigenvalue weighted by atomic mass is 35.5. The van der Waals surface area contributed by atoms with Gasteiger partial charge in [-0.3, -0.25) is 14.4 Å². The Kier molecular flexibility index (Phi) is 10.1. The number of carboxylic acids is 1. The van der Waals surface area contributed by atoms with Crippen LogP contribution in [-0.2, 0) is 16.0 Å². The van der Waals surface area contributed by atoms with Gasteiger partial charge < -0.3 is 14.9 Å². The molecule has 1 unspecified atom stereocenters. The van der Waals surface area contributed by atoms with Crippen LogP contribution in [0.3, 0.4) is 0 Å². The first-order valence-electron chi connectivity index (χ1n) is 14.2. The van der Waals surface area contributed by atoms with Crippen molar-refractivity contribution in [2.75, 3.05) is 19.6 Å². The van der Waals surface area contributed by atoms with Gasteiger partial charge in [0.25, 0.3) is 5.91 Å². The minimum absolute atomic E-state index is 0.000567. The Morgan fingerprint density at radius 1 is 1.00 bits per heavy atom. The van der Waals surface area contributed by atoms with Gasteiger partial charge in [0.2, 0.25) is 5.91 Å². The van der Waals surface area contributed by atoms with Crippen molar-refractivity contribution in [2.24, 2.45) is 0 Å². The second-order valence-electron chi connectivity index (χ2n) is 10.3. The number of piperazine rings is 1. The van der Waals surface area contributed by atoms with E-state index in [1.807, 2.05) is 17.0 Å². The van der Waals surface area contributed by atoms with Crippen molar-refractivity contribution in [2.45, 2.75) is 71.3 Å². The van der Waals surface area contributed by atoms with E-state index in [4.69, 9.17) is 26.7 Å². The summed E-state index contributed by atoms with van der Waals surface area (Å²) in [6, 6.07) is 12.9. The van der Waals surface area contributed by atoms with E-state index in [0.717, 1.165) is 36.9 Å². The zero-order chi connectivity index (χ0) is 28.6. The number of carbonyl (C=O) groups is 3. The largest absolute Gasteiger partial charge is 0.481 e. The number of rotatable bonds is 12. The number of aliphatic carboxylic acids is 1. The molecule has 0 spiro atoms. The van der Waals surface area contributed by atoms with Crippen LogP contribution in [0.2, 0.25) is 5.02 Å². The van der Waals surface area contributed by atoms with Crippen molar-refractivity contribution >= 4 is 40.4 Å². The quantitative estimate of drug-likeness (QED) is 0.271. The number of carbonyl (C=O) groups excluding carboxylic acids is 2. The average molecular weight is 565 g/mol. The molecule has 40 heavy (non-hydrogen) atoms. The summed E-state index contributed by atoms with van der Waals surface area (Å²) in [6.45, 7) is 5.39. The minimum atomic E-state index is -0.823. The average Bonchev–Trinajstić information content (AvgIpc) is 2.95. The van der Waals surface area contributed by atoms with Gasteiger partial charge in [0.05, 0.1) is 22.4 Å². The molecule has 1 aliphatic rings. The highest BCUT2D eigenvalue weighted by molar-refractivity contribution is 6.30. The Morgan fingerprint density at radius 2 is 1.77 bits per heavy atom. The van der Waals surface area contributed by atoms with Crippen molar-refractivity contribution in [3.63, 3.8) is 0 Å². The zero-order valence-electron chi connectivity index (χ0n) is 23.2. The Balaban J connectivity index is 1.56. The second kappa shape index (κ2) is 13.7. The topological polar surface area (TPSA) is 104 Å². The molecule has 0 aliphatic carbocycles. The van der Waals surface area contributed by atoms with Crippen LogP contribution in [0.15, 0.2) is 42.5 Å². The molecular formula is C31H37ClN4O4. The maximum absolute atomic E-state index is 13.4. The van der Waals surface area contributed by atoms with Gasteiger partial charge in [-0.2, -0.15) is 0 Å². The number of fused-ring (bicyclic) bond motifs is 1. The molecule has 1 fully saturated rings. The third kappa shape index (κ3) is 7.16. The van der Waals surface area contributed by atoms with E-state index in [1.54, 1.807) is 35.2 Å². The maximum Gasteiger partial charge on any atom is 0.303 e. The first-order chi connectivity index (χ1) is 19.3. The first-order valence-corrected chi connectivity index (χ1v) is 14.6. The highest BCUT2D eigenvalue weighted by Crippen LogP contribution is 2.27. The monoisotopic (exact) mass is 564 g/mol. The Labute approximate surface area is 240 Å². The van der Waals surface area contributed by atoms with Crippen LogP contribution >= 0.6 is 11.6 Å². The Hall–Kier alpha value is -3.52. The molecule has 0 saturated carbocycles. The molecule has 0 bridgehead atoms. The van der Waals surface area contributed by atoms with Gasteiger partial charge in [-0.15, -0.1) is 0 Å². The van der Waals surface area contributed by atoms with Gasteiger partial charge in [0.1, 0.15) is 6.54 Å². The van der Waals surface area contributed by atoms with Gasteiger partial charge in [-0.1, -0.05) is 50.4 Å². The summed E-state index contributed by atoms with van der Waals surface area (Å²) in [5, 5.41) is 9.63. The fraction of sp³-hybridized carbons (Fsp3) is 0.452. The van der Waals surface area contributed by atoms with Crippen LogP contribution < -0.4 is 0 Å². The van der Waals surface area contributed by atoms with Crippen molar-refractivity contribution in [1.29, 1.82) is 0 Å². The summed E-state index contributed by atoms with van der Waals surface area (Å²) < 4.78 is 0. The summed E-state index contributed by atoms with van der Waals surface area (Å²) >= 11 is 6.09. The number of halogens is 1. The molecule has 1 aromatic heterocycles. The lowest BCUT2D eigenvalue weighted by atomic mass is 10.0. The predicted molar refractivity (Wildman–Crippen MR) is 156 cm³/mol. The van der Waals surface area contributed by atoms with Crippen LogP contribution in [0, 0.1) is 0 Å². The fourth-order valence-corrected chi connectivity index (χ4v) is 5.38. The molecule has 4 rings (SSSR count). The molecule has 3 aromatic rings. The van der Waals surface area contributed by atoms with E-state index in [1.165, 1.54) is 0 Å². The molecular weight excluding hydrogens is 528 g/mol. The molecule has 0 radical (unpaired) electrons. The van der Waals surface area contributed by atoms with E-state index >= 15 is 0 Å². The van der Waals surface area contributed by atoms with Gasteiger partial charge in [-0.25, -0.2) is 9.97 Å². The molecule has 8 nitrogen and oxygen atoms in total. The molecule has 2 heterocycles. The third-order valence-electron chi connectivity index (χ3n) is 7.50. The molecule has 2 amide bonds. The molecule has 1 atom stereocenters. The summed E-state index contributed by atoms with van der Waals surface area (Å²) in [5.74, 6) is -1.02. The lowest BCUT2D eigenvalue weighted by molar-refractivity contribution is -0.138. The van der Waals surface area contributed by atoms with Crippen LogP contribution in [0.1, 0.15) is 74.8 Å². The number of amides is 2. The third-order valence-corrected chi connectivity index (χ3v) is 7.75. The minimum Gasteiger partial charge on any atom is -0.481 e. The van der Waals surface area contributed by atoms with Gasteiger partial charge in [0, 0.05) is 41.7 Å². The van der Waals surface area contributed by atoms with Crippen molar-refractivity contribution in [3.8, 4) is 11.3 Å². The summed E-state index contributed by atoms with van der Waals surface area (Å²) in [5.41, 5.74) is 4.04. The number of hydrogen-bond donors (Lipinski definition) is 1. The van der Waals surface area contributed by atoms with Crippen LogP contribution in [0.5, 0.6) is 0 Å². The number of carboxylic acid groups (broad SMARTS) is 1. The highest BCUT2D eigenvalue weighted by Gasteiger charge is 2.31. The lowest BCUT2D eigenvalue weighted by Gasteiger charge is -2.39. The summed E-state index contributed by atoms with van der Waals surface area (Å²) in [7, 11) is 0. The zero-order valence-corrected chi connectivity index (χ0v) is 24.0. The van der Waals surface area contributed by atoms with Crippen LogP contribution in [-0.4, -0.2) is 68.3 Å². The normalized spacial score (nSPS) is 14.5. The Morgan fingerprint density at radius 3 is 2.45 bits per heavy atom. The number of hydrogen-bond acceptors (Lipinski definition) is 5. The van der Waals surface area contributed by atoms with E-state index in [2.05, 4.69) is 13.8 Å². The van der Waals surface area contributed by atoms with Gasteiger partial charge in [-0.05, 0) is 62.4 Å². The van der Waals surface area contributed by atoms with Crippen molar-refractivity contribution in [3.05, 3.63) is 58.7 Å². The number of aromatic nitrogens is 2. The Bertz CT molecular complexity index is 1360. The van der Waals surface area contributed by atoms with Crippen LogP contribution in [0.4, 0.5) is 0 Å².